The first-order chi connectivity index (χ1) is 14.8. The van der Waals surface area contributed by atoms with Crippen LogP contribution in [0.1, 0.15) is 40.7 Å². The summed E-state index contributed by atoms with van der Waals surface area (Å²) >= 11 is 0. The van der Waals surface area contributed by atoms with Gasteiger partial charge in [-0.25, -0.2) is 0 Å². The zero-order chi connectivity index (χ0) is 23.7. The molecule has 2 atom stereocenters. The van der Waals surface area contributed by atoms with Crippen LogP contribution in [0.3, 0.4) is 0 Å². The molecule has 0 aromatic heterocycles. The van der Waals surface area contributed by atoms with Gasteiger partial charge in [0.2, 0.25) is 5.91 Å². The van der Waals surface area contributed by atoms with E-state index in [1.807, 2.05) is 0 Å². The number of alkyl halides is 6. The zero-order valence-corrected chi connectivity index (χ0v) is 16.9. The highest BCUT2D eigenvalue weighted by Gasteiger charge is 2.38. The van der Waals surface area contributed by atoms with Crippen LogP contribution >= 0.6 is 0 Å². The maximum atomic E-state index is 13.0. The number of nitrogens with one attached hydrogen (secondary N) is 2. The van der Waals surface area contributed by atoms with Crippen molar-refractivity contribution in [3.63, 3.8) is 0 Å². The molecule has 3 rings (SSSR count). The minimum absolute atomic E-state index is 0.0261. The molecule has 2 amide bonds. The van der Waals surface area contributed by atoms with Crippen molar-refractivity contribution in [2.75, 3.05) is 26.2 Å². The monoisotopic (exact) mass is 467 g/mol. The van der Waals surface area contributed by atoms with Gasteiger partial charge in [-0.2, -0.15) is 26.3 Å². The maximum absolute atomic E-state index is 13.0. The van der Waals surface area contributed by atoms with Gasteiger partial charge in [-0.3, -0.25) is 9.59 Å². The Labute approximate surface area is 179 Å². The third-order valence-electron chi connectivity index (χ3n) is 5.73. The van der Waals surface area contributed by atoms with Crippen LogP contribution in [-0.2, 0) is 17.1 Å². The SMILES string of the molecule is O=C(NCC1CCN(C(=O)C2C[C@@H](O)CN2)CC1)c1cc(C(F)(F)F)cc(C(F)(F)F)c1. The summed E-state index contributed by atoms with van der Waals surface area (Å²) in [6.45, 7) is 1.24. The van der Waals surface area contributed by atoms with E-state index in [0.717, 1.165) is 0 Å². The van der Waals surface area contributed by atoms with Crippen LogP contribution in [0.15, 0.2) is 18.2 Å². The first-order valence-electron chi connectivity index (χ1n) is 10.1. The number of carbonyl (C=O) groups excluding carboxylic acids is 2. The molecule has 2 fully saturated rings. The van der Waals surface area contributed by atoms with Crippen molar-refractivity contribution in [2.24, 2.45) is 5.92 Å². The van der Waals surface area contributed by atoms with Crippen molar-refractivity contribution in [1.82, 2.24) is 15.5 Å². The summed E-state index contributed by atoms with van der Waals surface area (Å²) in [6.07, 6.45) is -9.23. The molecule has 0 spiro atoms. The number of hydrogen-bond donors (Lipinski definition) is 3. The third kappa shape index (κ3) is 5.91. The Hall–Kier alpha value is -2.34. The molecule has 0 radical (unpaired) electrons. The van der Waals surface area contributed by atoms with Gasteiger partial charge in [0.15, 0.2) is 0 Å². The number of aliphatic hydroxyl groups excluding tert-OH is 1. The van der Waals surface area contributed by atoms with E-state index in [9.17, 15) is 41.0 Å². The van der Waals surface area contributed by atoms with Gasteiger partial charge < -0.3 is 20.6 Å². The number of benzene rings is 1. The van der Waals surface area contributed by atoms with E-state index in [1.165, 1.54) is 0 Å². The standard InChI is InChI=1S/C20H23F6N3O3/c21-19(22,23)13-5-12(6-14(7-13)20(24,25)26)17(31)28-9-11-1-3-29(4-2-11)18(32)16-8-15(30)10-27-16/h5-7,11,15-16,27,30H,1-4,8-10H2,(H,28,31)/t15-,16?/m1/s1. The highest BCUT2D eigenvalue weighted by Crippen LogP contribution is 2.36. The number of carbonyl (C=O) groups is 2. The molecule has 3 N–H and O–H groups in total. The fraction of sp³-hybridized carbons (Fsp3) is 0.600. The molecule has 2 aliphatic heterocycles. The van der Waals surface area contributed by atoms with Crippen molar-refractivity contribution < 1.29 is 41.0 Å². The van der Waals surface area contributed by atoms with E-state index < -0.39 is 47.1 Å². The summed E-state index contributed by atoms with van der Waals surface area (Å²) in [5, 5.41) is 14.9. The second-order valence-electron chi connectivity index (χ2n) is 8.12. The Bertz CT molecular complexity index is 818. The summed E-state index contributed by atoms with van der Waals surface area (Å²) in [7, 11) is 0. The molecule has 12 heteroatoms. The zero-order valence-electron chi connectivity index (χ0n) is 16.9. The van der Waals surface area contributed by atoms with Crippen molar-refractivity contribution in [1.29, 1.82) is 0 Å². The predicted octanol–water partition coefficient (Wildman–Crippen LogP) is 2.42. The second-order valence-corrected chi connectivity index (χ2v) is 8.12. The Kier molecular flexibility index (Phi) is 7.03. The number of rotatable bonds is 4. The second kappa shape index (κ2) is 9.26. The van der Waals surface area contributed by atoms with Crippen LogP contribution in [0.2, 0.25) is 0 Å². The van der Waals surface area contributed by atoms with Crippen molar-refractivity contribution >= 4 is 11.8 Å². The molecule has 0 aliphatic carbocycles. The van der Waals surface area contributed by atoms with Crippen LogP contribution in [0.25, 0.3) is 0 Å². The molecule has 1 unspecified atom stereocenters. The minimum Gasteiger partial charge on any atom is -0.392 e. The number of likely N-dealkylation sites (tertiary alicyclic amines) is 1. The number of hydrogen-bond acceptors (Lipinski definition) is 4. The van der Waals surface area contributed by atoms with E-state index in [0.29, 0.717) is 51.0 Å². The van der Waals surface area contributed by atoms with Crippen molar-refractivity contribution in [3.8, 4) is 0 Å². The van der Waals surface area contributed by atoms with Crippen LogP contribution in [-0.4, -0.2) is 60.1 Å². The Morgan fingerprint density at radius 1 is 1.03 bits per heavy atom. The number of nitrogens with zero attached hydrogens (tertiary/aromatic N) is 1. The molecule has 1 aromatic carbocycles. The summed E-state index contributed by atoms with van der Waals surface area (Å²) in [6, 6.07) is 0.329. The van der Waals surface area contributed by atoms with E-state index in [2.05, 4.69) is 10.6 Å². The lowest BCUT2D eigenvalue weighted by molar-refractivity contribution is -0.143. The van der Waals surface area contributed by atoms with Crippen LogP contribution in [0, 0.1) is 5.92 Å². The average Bonchev–Trinajstić information content (AvgIpc) is 3.16. The topological polar surface area (TPSA) is 81.7 Å². The lowest BCUT2D eigenvalue weighted by Gasteiger charge is -2.33. The molecule has 6 nitrogen and oxygen atoms in total. The van der Waals surface area contributed by atoms with Gasteiger partial charge in [0.25, 0.3) is 5.91 Å². The van der Waals surface area contributed by atoms with Gasteiger partial charge in [-0.05, 0) is 43.4 Å². The molecular weight excluding hydrogens is 444 g/mol. The first kappa shape index (κ1) is 24.3. The van der Waals surface area contributed by atoms with Gasteiger partial charge >= 0.3 is 12.4 Å². The summed E-state index contributed by atoms with van der Waals surface area (Å²) in [4.78, 5) is 26.4. The summed E-state index contributed by atoms with van der Waals surface area (Å²) < 4.78 is 77.8. The lowest BCUT2D eigenvalue weighted by Crippen LogP contribution is -2.48. The highest BCUT2D eigenvalue weighted by molar-refractivity contribution is 5.94. The maximum Gasteiger partial charge on any atom is 0.416 e. The molecule has 178 valence electrons. The first-order valence-corrected chi connectivity index (χ1v) is 10.1. The summed E-state index contributed by atoms with van der Waals surface area (Å²) in [5.41, 5.74) is -3.81. The number of amides is 2. The Balaban J connectivity index is 1.56. The highest BCUT2D eigenvalue weighted by atomic mass is 19.4. The van der Waals surface area contributed by atoms with E-state index in [-0.39, 0.29) is 24.4 Å². The number of piperidine rings is 1. The Morgan fingerprint density at radius 3 is 2.06 bits per heavy atom. The predicted molar refractivity (Wildman–Crippen MR) is 100 cm³/mol. The molecule has 0 bridgehead atoms. The molecule has 2 saturated heterocycles. The molecule has 2 aliphatic rings. The number of halogens is 6. The third-order valence-corrected chi connectivity index (χ3v) is 5.73. The molecule has 1 aromatic rings. The number of β-amino-alcohol motifs (C(OH)–C–C–N with tert-alkyl or cyclic N) is 1. The van der Waals surface area contributed by atoms with Crippen molar-refractivity contribution in [3.05, 3.63) is 34.9 Å². The molecule has 2 heterocycles. The lowest BCUT2D eigenvalue weighted by atomic mass is 9.96. The average molecular weight is 467 g/mol. The molecule has 0 saturated carbocycles. The van der Waals surface area contributed by atoms with Gasteiger partial charge in [0.1, 0.15) is 0 Å². The fourth-order valence-electron chi connectivity index (χ4n) is 3.91. The van der Waals surface area contributed by atoms with E-state index in [1.54, 1.807) is 4.90 Å². The van der Waals surface area contributed by atoms with Crippen LogP contribution in [0.5, 0.6) is 0 Å². The quantitative estimate of drug-likeness (QED) is 0.595. The summed E-state index contributed by atoms with van der Waals surface area (Å²) in [5.74, 6) is -1.21. The van der Waals surface area contributed by atoms with Crippen LogP contribution < -0.4 is 10.6 Å². The smallest absolute Gasteiger partial charge is 0.392 e. The normalized spacial score (nSPS) is 22.8. The van der Waals surface area contributed by atoms with Gasteiger partial charge in [0.05, 0.1) is 23.3 Å². The van der Waals surface area contributed by atoms with E-state index in [4.69, 9.17) is 0 Å². The van der Waals surface area contributed by atoms with Gasteiger partial charge in [-0.15, -0.1) is 0 Å². The minimum atomic E-state index is -5.03. The largest absolute Gasteiger partial charge is 0.416 e. The molecule has 32 heavy (non-hydrogen) atoms. The fourth-order valence-corrected chi connectivity index (χ4v) is 3.91. The van der Waals surface area contributed by atoms with E-state index >= 15 is 0 Å². The van der Waals surface area contributed by atoms with Crippen molar-refractivity contribution in [2.45, 2.75) is 43.8 Å². The Morgan fingerprint density at radius 2 is 1.59 bits per heavy atom. The molecular formula is C20H23F6N3O3. The number of aliphatic hydroxyl groups is 1. The van der Waals surface area contributed by atoms with Gasteiger partial charge in [0, 0.05) is 31.7 Å². The van der Waals surface area contributed by atoms with Gasteiger partial charge in [-0.1, -0.05) is 0 Å². The van der Waals surface area contributed by atoms with Crippen LogP contribution in [0.4, 0.5) is 26.3 Å².